The summed E-state index contributed by atoms with van der Waals surface area (Å²) in [5, 5.41) is 57.2. The zero-order chi connectivity index (χ0) is 60.3. The molecule has 8 atom stereocenters. The fourth-order valence-corrected chi connectivity index (χ4v) is 11.3. The zero-order valence-corrected chi connectivity index (χ0v) is 54.3. The average Bonchev–Trinajstić information content (AvgIpc) is 3.67. The van der Waals surface area contributed by atoms with Gasteiger partial charge in [0.25, 0.3) is 0 Å². The van der Waals surface area contributed by atoms with E-state index >= 15 is 0 Å². The molecule has 488 valence electrons. The van der Waals surface area contributed by atoms with Crippen LogP contribution in [0, 0.1) is 0 Å². The van der Waals surface area contributed by atoms with Gasteiger partial charge >= 0.3 is 5.97 Å². The van der Waals surface area contributed by atoms with Crippen LogP contribution in [0.2, 0.25) is 0 Å². The molecule has 1 rings (SSSR count). The fraction of sp³-hybridized carbons (Fsp3) is 0.889. The monoisotopic (exact) mass is 1170 g/mol. The maximum Gasteiger partial charge on any atom is 0.306 e. The van der Waals surface area contributed by atoms with Gasteiger partial charge in [0.1, 0.15) is 24.4 Å². The number of aliphatic hydroxyl groups excluding tert-OH is 5. The van der Waals surface area contributed by atoms with Gasteiger partial charge in [0.2, 0.25) is 5.91 Å². The maximum atomic E-state index is 13.5. The van der Waals surface area contributed by atoms with Crippen molar-refractivity contribution in [2.24, 2.45) is 0 Å². The number of rotatable bonds is 62. The van der Waals surface area contributed by atoms with E-state index in [0.29, 0.717) is 19.3 Å². The molecule has 0 aromatic heterocycles. The van der Waals surface area contributed by atoms with Crippen LogP contribution in [-0.4, -0.2) is 99.6 Å². The van der Waals surface area contributed by atoms with Crippen LogP contribution in [0.4, 0.5) is 0 Å². The summed E-state index contributed by atoms with van der Waals surface area (Å²) in [6.07, 6.45) is 63.3. The lowest BCUT2D eigenvalue weighted by molar-refractivity contribution is -0.305. The van der Waals surface area contributed by atoms with E-state index < -0.39 is 67.4 Å². The first-order valence-electron chi connectivity index (χ1n) is 35.8. The molecule has 1 aliphatic rings. The Balaban J connectivity index is 2.58. The molecule has 1 fully saturated rings. The van der Waals surface area contributed by atoms with Crippen molar-refractivity contribution in [3.05, 3.63) is 36.5 Å². The van der Waals surface area contributed by atoms with Gasteiger partial charge in [0.05, 0.1) is 25.4 Å². The zero-order valence-electron chi connectivity index (χ0n) is 54.3. The minimum absolute atomic E-state index is 0.121. The van der Waals surface area contributed by atoms with E-state index in [4.69, 9.17) is 14.2 Å². The van der Waals surface area contributed by atoms with Crippen LogP contribution in [0.3, 0.4) is 0 Å². The highest BCUT2D eigenvalue weighted by Gasteiger charge is 2.47. The quantitative estimate of drug-likeness (QED) is 0.0195. The minimum Gasteiger partial charge on any atom is -0.454 e. The molecule has 0 aromatic carbocycles. The number of amides is 1. The summed E-state index contributed by atoms with van der Waals surface area (Å²) in [5.41, 5.74) is 0. The lowest BCUT2D eigenvalue weighted by atomic mass is 9.99. The van der Waals surface area contributed by atoms with Crippen molar-refractivity contribution in [3.63, 3.8) is 0 Å². The molecular formula is C72H135NO10. The Morgan fingerprint density at radius 2 is 0.795 bits per heavy atom. The van der Waals surface area contributed by atoms with Crippen molar-refractivity contribution < 1.29 is 49.3 Å². The minimum atomic E-state index is -1.61. The molecule has 1 aliphatic heterocycles. The third-order valence-electron chi connectivity index (χ3n) is 17.0. The normalized spacial score (nSPS) is 18.7. The van der Waals surface area contributed by atoms with Crippen LogP contribution in [0.15, 0.2) is 36.5 Å². The highest BCUT2D eigenvalue weighted by atomic mass is 16.7. The van der Waals surface area contributed by atoms with E-state index in [9.17, 15) is 35.1 Å². The number of hydrogen-bond acceptors (Lipinski definition) is 10. The maximum absolute atomic E-state index is 13.5. The number of ether oxygens (including phenoxy) is 3. The summed E-state index contributed by atoms with van der Waals surface area (Å²) in [5.74, 6) is -1.18. The fourth-order valence-electron chi connectivity index (χ4n) is 11.3. The number of carbonyl (C=O) groups excluding carboxylic acids is 2. The van der Waals surface area contributed by atoms with E-state index in [-0.39, 0.29) is 13.0 Å². The average molecular weight is 1170 g/mol. The molecule has 11 heteroatoms. The number of nitrogens with one attached hydrogen (secondary N) is 1. The molecule has 0 bridgehead atoms. The van der Waals surface area contributed by atoms with Crippen LogP contribution in [0.5, 0.6) is 0 Å². The van der Waals surface area contributed by atoms with Gasteiger partial charge in [-0.05, 0) is 77.0 Å². The smallest absolute Gasteiger partial charge is 0.306 e. The van der Waals surface area contributed by atoms with Crippen LogP contribution >= 0.6 is 0 Å². The largest absolute Gasteiger partial charge is 0.454 e. The molecule has 83 heavy (non-hydrogen) atoms. The van der Waals surface area contributed by atoms with E-state index in [2.05, 4.69) is 50.4 Å². The molecule has 6 N–H and O–H groups in total. The highest BCUT2D eigenvalue weighted by molar-refractivity contribution is 5.80. The number of aliphatic hydroxyl groups is 5. The second-order valence-corrected chi connectivity index (χ2v) is 25.0. The molecule has 1 amide bonds. The van der Waals surface area contributed by atoms with Crippen LogP contribution in [0.1, 0.15) is 348 Å². The molecule has 0 aliphatic carbocycles. The van der Waals surface area contributed by atoms with Crippen LogP contribution < -0.4 is 5.32 Å². The van der Waals surface area contributed by atoms with Crippen molar-refractivity contribution in [1.82, 2.24) is 5.32 Å². The van der Waals surface area contributed by atoms with Gasteiger partial charge in [-0.2, -0.15) is 0 Å². The summed E-state index contributed by atoms with van der Waals surface area (Å²) in [6.45, 7) is 5.83. The molecule has 1 saturated heterocycles. The third-order valence-corrected chi connectivity index (χ3v) is 17.0. The van der Waals surface area contributed by atoms with Gasteiger partial charge in [-0.1, -0.05) is 301 Å². The van der Waals surface area contributed by atoms with Crippen molar-refractivity contribution >= 4 is 11.9 Å². The van der Waals surface area contributed by atoms with Crippen molar-refractivity contribution in [2.75, 3.05) is 13.2 Å². The van der Waals surface area contributed by atoms with Gasteiger partial charge < -0.3 is 45.1 Å². The molecule has 1 heterocycles. The standard InChI is InChI=1S/C72H135NO10/c1-4-7-10-13-16-19-22-25-27-29-30-31-32-33-34-35-37-38-41-44-47-50-53-56-59-65(76)71(80)73-63(64(75)58-55-52-49-46-43-40-24-21-18-15-12-9-6-3)62-81-72-70(69(79)68(78)66(61-74)82-72)83-67(77)60-57-54-51-48-45-42-39-36-28-26-23-20-17-14-11-8-5-2/h25-28,55,58,63-66,68-70,72,74-76,78-79H,4-24,29-54,56-57,59-62H2,1-3H3,(H,73,80)/b27-25+,28-26+,58-55+. The SMILES string of the molecule is CCCCCCCC/C=C/CCCCCCCCCCCCCCCCC(O)C(=O)NC(COC1OC(CO)C(O)C(O)C1OC(=O)CCCCCCCCC/C=C/CCCCCCCC)C(O)/C=C/CCCCCCCCCCCCC. The van der Waals surface area contributed by atoms with Gasteiger partial charge in [0.15, 0.2) is 12.4 Å². The summed E-state index contributed by atoms with van der Waals surface area (Å²) in [6, 6.07) is -1.02. The van der Waals surface area contributed by atoms with Crippen LogP contribution in [-0.2, 0) is 23.8 Å². The number of carbonyl (C=O) groups is 2. The number of esters is 1. The molecule has 11 nitrogen and oxygen atoms in total. The Bertz CT molecular complexity index is 1490. The van der Waals surface area contributed by atoms with Gasteiger partial charge in [0, 0.05) is 6.42 Å². The Morgan fingerprint density at radius 3 is 1.17 bits per heavy atom. The molecular weight excluding hydrogens is 1040 g/mol. The van der Waals surface area contributed by atoms with Crippen LogP contribution in [0.25, 0.3) is 0 Å². The molecule has 0 radical (unpaired) electrons. The number of allylic oxidation sites excluding steroid dienone is 5. The Morgan fingerprint density at radius 1 is 0.458 bits per heavy atom. The summed E-state index contributed by atoms with van der Waals surface area (Å²) in [4.78, 5) is 26.7. The van der Waals surface area contributed by atoms with E-state index in [0.717, 1.165) is 70.6 Å². The summed E-state index contributed by atoms with van der Waals surface area (Å²) >= 11 is 0. The van der Waals surface area contributed by atoms with Crippen molar-refractivity contribution in [2.45, 2.75) is 397 Å². The van der Waals surface area contributed by atoms with E-state index in [1.165, 1.54) is 231 Å². The lowest BCUT2D eigenvalue weighted by Crippen LogP contribution is -2.61. The van der Waals surface area contributed by atoms with Gasteiger partial charge in [-0.3, -0.25) is 9.59 Å². The van der Waals surface area contributed by atoms with Gasteiger partial charge in [-0.15, -0.1) is 0 Å². The molecule has 8 unspecified atom stereocenters. The second kappa shape index (κ2) is 60.2. The highest BCUT2D eigenvalue weighted by Crippen LogP contribution is 2.26. The Labute approximate surface area is 511 Å². The Kier molecular flexibility index (Phi) is 57.2. The number of unbranched alkanes of at least 4 members (excludes halogenated alkanes) is 44. The predicted molar refractivity (Wildman–Crippen MR) is 347 cm³/mol. The Hall–Kier alpha value is -2.12. The van der Waals surface area contributed by atoms with E-state index in [1.54, 1.807) is 6.08 Å². The summed E-state index contributed by atoms with van der Waals surface area (Å²) < 4.78 is 17.7. The van der Waals surface area contributed by atoms with Crippen molar-refractivity contribution in [3.8, 4) is 0 Å². The lowest BCUT2D eigenvalue weighted by Gasteiger charge is -2.41. The first kappa shape index (κ1) is 78.9. The predicted octanol–water partition coefficient (Wildman–Crippen LogP) is 18.2. The van der Waals surface area contributed by atoms with Crippen molar-refractivity contribution in [1.29, 1.82) is 0 Å². The molecule has 0 spiro atoms. The third kappa shape index (κ3) is 47.6. The second-order valence-electron chi connectivity index (χ2n) is 25.0. The van der Waals surface area contributed by atoms with E-state index in [1.807, 2.05) is 6.08 Å². The molecule has 0 saturated carbocycles. The topological polar surface area (TPSA) is 175 Å². The number of hydrogen-bond donors (Lipinski definition) is 6. The van der Waals surface area contributed by atoms with Gasteiger partial charge in [-0.25, -0.2) is 0 Å². The summed E-state index contributed by atoms with van der Waals surface area (Å²) in [7, 11) is 0. The first-order chi connectivity index (χ1) is 40.7. The molecule has 0 aromatic rings. The first-order valence-corrected chi connectivity index (χ1v) is 35.8.